The maximum Gasteiger partial charge on any atom is 0.135 e. The molecule has 0 spiro atoms. The topological polar surface area (TPSA) is 24.1 Å². The minimum absolute atomic E-state index is 0.226. The Morgan fingerprint density at radius 1 is 1.15 bits per heavy atom. The molecule has 0 unspecified atom stereocenters. The highest BCUT2D eigenvalue weighted by atomic mass is 32.2. The Kier molecular flexibility index (Phi) is 9.88. The van der Waals surface area contributed by atoms with Gasteiger partial charge in [0.25, 0.3) is 0 Å². The summed E-state index contributed by atoms with van der Waals surface area (Å²) in [5.74, 6) is 0. The summed E-state index contributed by atoms with van der Waals surface area (Å²) in [7, 11) is 0. The van der Waals surface area contributed by atoms with E-state index in [4.69, 9.17) is 24.4 Å². The summed E-state index contributed by atoms with van der Waals surface area (Å²) in [4.78, 5) is 1.29. The third-order valence-electron chi connectivity index (χ3n) is 2.24. The zero-order chi connectivity index (χ0) is 14.8. The van der Waals surface area contributed by atoms with Crippen molar-refractivity contribution in [2.75, 3.05) is 13.1 Å². The molecule has 0 amide bonds. The van der Waals surface area contributed by atoms with E-state index in [0.717, 1.165) is 34.6 Å². The van der Waals surface area contributed by atoms with Gasteiger partial charge in [-0.2, -0.15) is 0 Å². The molecule has 0 saturated heterocycles. The second kappa shape index (κ2) is 10.8. The van der Waals surface area contributed by atoms with E-state index in [9.17, 15) is 0 Å². The van der Waals surface area contributed by atoms with E-state index in [1.807, 2.05) is 0 Å². The van der Waals surface area contributed by atoms with Gasteiger partial charge in [-0.1, -0.05) is 67.9 Å². The monoisotopic (exact) mass is 364 g/mol. The molecule has 1 aromatic heterocycles. The molecule has 0 saturated carbocycles. The molecule has 0 aliphatic carbocycles. The van der Waals surface area contributed by atoms with Crippen molar-refractivity contribution in [1.82, 2.24) is 10.6 Å². The first-order valence-corrected chi connectivity index (χ1v) is 10.0. The molecule has 20 heavy (non-hydrogen) atoms. The molecule has 0 radical (unpaired) electrons. The molecule has 7 heteroatoms. The lowest BCUT2D eigenvalue weighted by molar-refractivity contribution is 0.854. The molecule has 0 bridgehead atoms. The molecule has 0 atom stereocenters. The molecular weight excluding hydrogens is 344 g/mol. The zero-order valence-electron chi connectivity index (χ0n) is 11.7. The van der Waals surface area contributed by atoms with Crippen molar-refractivity contribution in [3.63, 3.8) is 0 Å². The summed E-state index contributed by atoms with van der Waals surface area (Å²) < 4.78 is 1.91. The van der Waals surface area contributed by atoms with Gasteiger partial charge in [-0.25, -0.2) is 0 Å². The molecular formula is C13H20N2S5. The van der Waals surface area contributed by atoms with E-state index in [-0.39, 0.29) is 4.58 Å². The first kappa shape index (κ1) is 18.2. The Hall–Kier alpha value is 0.180. The molecule has 0 aliphatic heterocycles. The minimum atomic E-state index is 0.226. The summed E-state index contributed by atoms with van der Waals surface area (Å²) in [5, 5.41) is 8.62. The molecule has 1 heterocycles. The number of hydrogen-bond donors (Lipinski definition) is 2. The highest BCUT2D eigenvalue weighted by molar-refractivity contribution is 8.35. The molecule has 1 rings (SSSR count). The predicted octanol–water partition coefficient (Wildman–Crippen LogP) is 4.78. The standard InChI is InChI=1S/C13H20N2S5/c1-3-7-14-12(16)19-11(10-6-5-9-18-10)20-13(17)15-8-4-2/h5-6,9,11H,3-4,7-8H2,1-2H3,(H,14,16)(H,15,17). The van der Waals surface area contributed by atoms with Crippen molar-refractivity contribution < 1.29 is 0 Å². The number of thioether (sulfide) groups is 2. The average Bonchev–Trinajstić information content (AvgIpc) is 2.96. The van der Waals surface area contributed by atoms with E-state index >= 15 is 0 Å². The normalized spacial score (nSPS) is 10.6. The third-order valence-corrected chi connectivity index (χ3v) is 6.57. The Balaban J connectivity index is 2.57. The van der Waals surface area contributed by atoms with Crippen LogP contribution in [0.4, 0.5) is 0 Å². The van der Waals surface area contributed by atoms with Gasteiger partial charge in [-0.3, -0.25) is 0 Å². The van der Waals surface area contributed by atoms with Gasteiger partial charge in [0.2, 0.25) is 0 Å². The van der Waals surface area contributed by atoms with Crippen molar-refractivity contribution in [2.24, 2.45) is 0 Å². The minimum Gasteiger partial charge on any atom is -0.371 e. The van der Waals surface area contributed by atoms with Crippen LogP contribution in [0, 0.1) is 0 Å². The fraction of sp³-hybridized carbons (Fsp3) is 0.538. The van der Waals surface area contributed by atoms with Crippen molar-refractivity contribution in [3.8, 4) is 0 Å². The molecule has 2 nitrogen and oxygen atoms in total. The lowest BCUT2D eigenvalue weighted by atomic mass is 10.5. The van der Waals surface area contributed by atoms with E-state index < -0.39 is 0 Å². The van der Waals surface area contributed by atoms with Gasteiger partial charge in [0.05, 0.1) is 4.58 Å². The Bertz CT molecular complexity index is 383. The number of rotatable bonds is 7. The Morgan fingerprint density at radius 3 is 2.10 bits per heavy atom. The van der Waals surface area contributed by atoms with Gasteiger partial charge >= 0.3 is 0 Å². The summed E-state index contributed by atoms with van der Waals surface area (Å²) in [6.45, 7) is 6.11. The molecule has 0 aromatic carbocycles. The highest BCUT2D eigenvalue weighted by Crippen LogP contribution is 2.42. The first-order valence-electron chi connectivity index (χ1n) is 6.59. The van der Waals surface area contributed by atoms with Crippen molar-refractivity contribution >= 4 is 67.9 Å². The summed E-state index contributed by atoms with van der Waals surface area (Å²) in [6, 6.07) is 4.21. The molecule has 0 aliphatic rings. The van der Waals surface area contributed by atoms with Crippen LogP contribution in [0.3, 0.4) is 0 Å². The number of thiophene rings is 1. The van der Waals surface area contributed by atoms with Crippen LogP contribution >= 0.6 is 59.3 Å². The van der Waals surface area contributed by atoms with Crippen LogP contribution in [0.1, 0.15) is 36.1 Å². The zero-order valence-corrected chi connectivity index (χ0v) is 15.8. The summed E-state index contributed by atoms with van der Waals surface area (Å²) in [5.41, 5.74) is 0. The number of nitrogens with one attached hydrogen (secondary N) is 2. The van der Waals surface area contributed by atoms with Gasteiger partial charge < -0.3 is 10.6 Å². The maximum atomic E-state index is 5.39. The fourth-order valence-electron chi connectivity index (χ4n) is 1.30. The Morgan fingerprint density at radius 2 is 1.70 bits per heavy atom. The van der Waals surface area contributed by atoms with E-state index in [0.29, 0.717) is 0 Å². The van der Waals surface area contributed by atoms with Crippen LogP contribution in [0.15, 0.2) is 17.5 Å². The van der Waals surface area contributed by atoms with Crippen LogP contribution in [-0.4, -0.2) is 21.7 Å². The van der Waals surface area contributed by atoms with Gasteiger partial charge in [-0.15, -0.1) is 11.3 Å². The van der Waals surface area contributed by atoms with Gasteiger partial charge in [0.1, 0.15) is 8.64 Å². The van der Waals surface area contributed by atoms with Crippen LogP contribution in [-0.2, 0) is 0 Å². The van der Waals surface area contributed by atoms with Gasteiger partial charge in [-0.05, 0) is 24.3 Å². The fourth-order valence-corrected chi connectivity index (χ4v) is 5.57. The average molecular weight is 365 g/mol. The first-order chi connectivity index (χ1) is 9.67. The predicted molar refractivity (Wildman–Crippen MR) is 104 cm³/mol. The maximum absolute atomic E-state index is 5.39. The molecule has 0 fully saturated rings. The van der Waals surface area contributed by atoms with Crippen LogP contribution < -0.4 is 10.6 Å². The lowest BCUT2D eigenvalue weighted by Crippen LogP contribution is -2.22. The molecule has 1 aromatic rings. The SMILES string of the molecule is CCCNC(=S)SC(SC(=S)NCCC)c1cccs1. The second-order valence-electron chi connectivity index (χ2n) is 4.01. The summed E-state index contributed by atoms with van der Waals surface area (Å²) in [6.07, 6.45) is 2.15. The van der Waals surface area contributed by atoms with Crippen molar-refractivity contribution in [1.29, 1.82) is 0 Å². The van der Waals surface area contributed by atoms with Crippen molar-refractivity contribution in [2.45, 2.75) is 31.3 Å². The van der Waals surface area contributed by atoms with Gasteiger partial charge in [0.15, 0.2) is 0 Å². The van der Waals surface area contributed by atoms with Crippen LogP contribution in [0.5, 0.6) is 0 Å². The van der Waals surface area contributed by atoms with E-state index in [2.05, 4.69) is 42.0 Å². The van der Waals surface area contributed by atoms with Crippen molar-refractivity contribution in [3.05, 3.63) is 22.4 Å². The quantitative estimate of drug-likeness (QED) is 0.533. The van der Waals surface area contributed by atoms with E-state index in [1.165, 1.54) is 4.88 Å². The molecule has 112 valence electrons. The molecule has 2 N–H and O–H groups in total. The van der Waals surface area contributed by atoms with E-state index in [1.54, 1.807) is 34.9 Å². The highest BCUT2D eigenvalue weighted by Gasteiger charge is 2.18. The van der Waals surface area contributed by atoms with Gasteiger partial charge in [0, 0.05) is 18.0 Å². The van der Waals surface area contributed by atoms with Crippen LogP contribution in [0.25, 0.3) is 0 Å². The Labute approximate surface area is 144 Å². The smallest absolute Gasteiger partial charge is 0.135 e. The third kappa shape index (κ3) is 7.26. The number of hydrogen-bond acceptors (Lipinski definition) is 5. The lowest BCUT2D eigenvalue weighted by Gasteiger charge is -2.17. The van der Waals surface area contributed by atoms with Crippen LogP contribution in [0.2, 0.25) is 0 Å². The largest absolute Gasteiger partial charge is 0.371 e. The number of thiocarbonyl (C=S) groups is 2. The second-order valence-corrected chi connectivity index (χ2v) is 8.85. The summed E-state index contributed by atoms with van der Waals surface area (Å²) >= 11 is 15.9.